The van der Waals surface area contributed by atoms with Crippen LogP contribution in [0.25, 0.3) is 0 Å². The zero-order chi connectivity index (χ0) is 24.1. The minimum atomic E-state index is -3.54. The van der Waals surface area contributed by atoms with Crippen LogP contribution in [-0.4, -0.2) is 44.9 Å². The average molecular weight is 479 g/mol. The third-order valence-electron chi connectivity index (χ3n) is 6.17. The first kappa shape index (κ1) is 24.1. The second-order valence-corrected chi connectivity index (χ2v) is 10.1. The normalized spacial score (nSPS) is 13.5. The van der Waals surface area contributed by atoms with Crippen LogP contribution < -0.4 is 4.90 Å². The highest BCUT2D eigenvalue weighted by atomic mass is 32.2. The van der Waals surface area contributed by atoms with E-state index in [1.807, 2.05) is 74.5 Å². The number of carbonyl (C=O) groups is 1. The molecule has 0 spiro atoms. The highest BCUT2D eigenvalue weighted by Gasteiger charge is 2.29. The monoisotopic (exact) mass is 478 g/mol. The predicted octanol–water partition coefficient (Wildman–Crippen LogP) is 4.41. The van der Waals surface area contributed by atoms with Crippen molar-refractivity contribution in [3.8, 4) is 0 Å². The van der Waals surface area contributed by atoms with Gasteiger partial charge in [0.1, 0.15) is 12.7 Å². The number of sulfonamides is 1. The van der Waals surface area contributed by atoms with Gasteiger partial charge < -0.3 is 9.64 Å². The Morgan fingerprint density at radius 2 is 1.53 bits per heavy atom. The molecule has 0 aliphatic carbocycles. The van der Waals surface area contributed by atoms with Crippen LogP contribution in [0.3, 0.4) is 0 Å². The molecule has 6 nitrogen and oxygen atoms in total. The van der Waals surface area contributed by atoms with Crippen LogP contribution in [0.5, 0.6) is 0 Å². The summed E-state index contributed by atoms with van der Waals surface area (Å²) in [4.78, 5) is 15.1. The Hall–Kier alpha value is -3.00. The summed E-state index contributed by atoms with van der Waals surface area (Å²) in [6.07, 6.45) is 0.263. The fourth-order valence-corrected chi connectivity index (χ4v) is 5.89. The Kier molecular flexibility index (Phi) is 7.46. The minimum Gasteiger partial charge on any atom is -0.359 e. The Morgan fingerprint density at radius 3 is 2.09 bits per heavy atom. The largest absolute Gasteiger partial charge is 0.359 e. The van der Waals surface area contributed by atoms with Crippen molar-refractivity contribution in [1.82, 2.24) is 4.31 Å². The van der Waals surface area contributed by atoms with Crippen molar-refractivity contribution >= 4 is 21.6 Å². The SMILES string of the molecule is CCN(CC)S(=O)(=O)c1ccc2c(c1)CCN2C(=O)COC(c1ccccc1)c1ccccc1. The van der Waals surface area contributed by atoms with E-state index in [2.05, 4.69) is 0 Å². The van der Waals surface area contributed by atoms with Gasteiger partial charge in [0.15, 0.2) is 0 Å². The van der Waals surface area contributed by atoms with Crippen LogP contribution in [0.4, 0.5) is 5.69 Å². The maximum absolute atomic E-state index is 13.1. The Morgan fingerprint density at radius 1 is 0.941 bits per heavy atom. The summed E-state index contributed by atoms with van der Waals surface area (Å²) in [7, 11) is -3.54. The molecular formula is C27H30N2O4S. The molecule has 4 rings (SSSR count). The van der Waals surface area contributed by atoms with Crippen LogP contribution in [0, 0.1) is 0 Å². The molecular weight excluding hydrogens is 448 g/mol. The van der Waals surface area contributed by atoms with Gasteiger partial charge in [-0.2, -0.15) is 4.31 Å². The van der Waals surface area contributed by atoms with E-state index in [1.165, 1.54) is 4.31 Å². The van der Waals surface area contributed by atoms with Gasteiger partial charge >= 0.3 is 0 Å². The number of benzene rings is 3. The van der Waals surface area contributed by atoms with Crippen LogP contribution in [0.1, 0.15) is 36.6 Å². The molecule has 3 aromatic carbocycles. The molecule has 178 valence electrons. The van der Waals surface area contributed by atoms with E-state index in [-0.39, 0.29) is 23.5 Å². The van der Waals surface area contributed by atoms with Gasteiger partial charge in [-0.1, -0.05) is 74.5 Å². The number of hydrogen-bond acceptors (Lipinski definition) is 4. The van der Waals surface area contributed by atoms with Gasteiger partial charge in [0.2, 0.25) is 10.0 Å². The second-order valence-electron chi connectivity index (χ2n) is 8.19. The van der Waals surface area contributed by atoms with Crippen LogP contribution >= 0.6 is 0 Å². The number of nitrogens with zero attached hydrogens (tertiary/aromatic N) is 2. The van der Waals surface area contributed by atoms with Crippen molar-refractivity contribution in [3.05, 3.63) is 95.6 Å². The van der Waals surface area contributed by atoms with Crippen molar-refractivity contribution < 1.29 is 17.9 Å². The number of anilines is 1. The average Bonchev–Trinajstić information content (AvgIpc) is 3.29. The molecule has 0 N–H and O–H groups in total. The van der Waals surface area contributed by atoms with Gasteiger partial charge in [-0.05, 0) is 41.3 Å². The summed E-state index contributed by atoms with van der Waals surface area (Å²) in [5.74, 6) is -0.144. The van der Waals surface area contributed by atoms with E-state index in [0.29, 0.717) is 26.1 Å². The van der Waals surface area contributed by atoms with Gasteiger partial charge in [-0.3, -0.25) is 4.79 Å². The van der Waals surface area contributed by atoms with Crippen LogP contribution in [0.2, 0.25) is 0 Å². The zero-order valence-electron chi connectivity index (χ0n) is 19.6. The third kappa shape index (κ3) is 4.92. The first-order valence-electron chi connectivity index (χ1n) is 11.6. The summed E-state index contributed by atoms with van der Waals surface area (Å²) in [5, 5.41) is 0. The maximum Gasteiger partial charge on any atom is 0.253 e. The molecule has 0 radical (unpaired) electrons. The highest BCUT2D eigenvalue weighted by molar-refractivity contribution is 7.89. The topological polar surface area (TPSA) is 66.9 Å². The second kappa shape index (κ2) is 10.5. The first-order chi connectivity index (χ1) is 16.5. The number of amides is 1. The minimum absolute atomic E-state index is 0.0760. The molecule has 7 heteroatoms. The maximum atomic E-state index is 13.1. The fraction of sp³-hybridized carbons (Fsp3) is 0.296. The molecule has 1 aliphatic rings. The van der Waals surface area contributed by atoms with Crippen molar-refractivity contribution in [1.29, 1.82) is 0 Å². The van der Waals surface area contributed by atoms with E-state index in [9.17, 15) is 13.2 Å². The first-order valence-corrected chi connectivity index (χ1v) is 13.0. The quantitative estimate of drug-likeness (QED) is 0.457. The molecule has 1 amide bonds. The molecule has 34 heavy (non-hydrogen) atoms. The number of rotatable bonds is 9. The third-order valence-corrected chi connectivity index (χ3v) is 8.21. The smallest absolute Gasteiger partial charge is 0.253 e. The molecule has 0 fully saturated rings. The van der Waals surface area contributed by atoms with E-state index in [0.717, 1.165) is 22.4 Å². The van der Waals surface area contributed by atoms with Crippen molar-refractivity contribution in [2.24, 2.45) is 0 Å². The number of ether oxygens (including phenoxy) is 1. The molecule has 3 aromatic rings. The number of fused-ring (bicyclic) bond motifs is 1. The van der Waals surface area contributed by atoms with Crippen LogP contribution in [-0.2, 0) is 26.0 Å². The van der Waals surface area contributed by atoms with Crippen molar-refractivity contribution in [2.45, 2.75) is 31.3 Å². The van der Waals surface area contributed by atoms with Crippen molar-refractivity contribution in [3.63, 3.8) is 0 Å². The molecule has 0 saturated heterocycles. The molecule has 0 unspecified atom stereocenters. The number of hydrogen-bond donors (Lipinski definition) is 0. The molecule has 0 aromatic heterocycles. The van der Waals surface area contributed by atoms with Gasteiger partial charge in [0.05, 0.1) is 4.90 Å². The Bertz CT molecular complexity index is 1190. The molecule has 1 aliphatic heterocycles. The van der Waals surface area contributed by atoms with E-state index in [4.69, 9.17) is 4.74 Å². The van der Waals surface area contributed by atoms with E-state index >= 15 is 0 Å². The predicted molar refractivity (Wildman–Crippen MR) is 133 cm³/mol. The lowest BCUT2D eigenvalue weighted by Gasteiger charge is -2.22. The summed E-state index contributed by atoms with van der Waals surface area (Å²) >= 11 is 0. The summed E-state index contributed by atoms with van der Waals surface area (Å²) < 4.78 is 33.4. The van der Waals surface area contributed by atoms with E-state index < -0.39 is 10.0 Å². The standard InChI is InChI=1S/C27H30N2O4S/c1-3-28(4-2)34(31,32)24-15-16-25-23(19-24)17-18-29(25)26(30)20-33-27(21-11-7-5-8-12-21)22-13-9-6-10-14-22/h5-16,19,27H,3-4,17-18,20H2,1-2H3. The molecule has 0 bridgehead atoms. The van der Waals surface area contributed by atoms with Gasteiger partial charge in [-0.25, -0.2) is 8.42 Å². The van der Waals surface area contributed by atoms with Gasteiger partial charge in [0, 0.05) is 25.3 Å². The molecule has 0 saturated carbocycles. The van der Waals surface area contributed by atoms with E-state index in [1.54, 1.807) is 23.1 Å². The Labute approximate surface area is 201 Å². The van der Waals surface area contributed by atoms with Gasteiger partial charge in [-0.15, -0.1) is 0 Å². The molecule has 0 atom stereocenters. The number of carbonyl (C=O) groups excluding carboxylic acids is 1. The lowest BCUT2D eigenvalue weighted by Crippen LogP contribution is -2.33. The van der Waals surface area contributed by atoms with Crippen molar-refractivity contribution in [2.75, 3.05) is 31.1 Å². The van der Waals surface area contributed by atoms with Crippen LogP contribution in [0.15, 0.2) is 83.8 Å². The van der Waals surface area contributed by atoms with Gasteiger partial charge in [0.25, 0.3) is 5.91 Å². The molecule has 1 heterocycles. The summed E-state index contributed by atoms with van der Waals surface area (Å²) in [5.41, 5.74) is 3.58. The summed E-state index contributed by atoms with van der Waals surface area (Å²) in [6, 6.07) is 24.7. The fourth-order valence-electron chi connectivity index (χ4n) is 4.38. The lowest BCUT2D eigenvalue weighted by molar-refractivity contribution is -0.124. The zero-order valence-corrected chi connectivity index (χ0v) is 20.4. The summed E-state index contributed by atoms with van der Waals surface area (Å²) in [6.45, 7) is 4.92. The lowest BCUT2D eigenvalue weighted by atomic mass is 10.0. The Balaban J connectivity index is 1.51. The highest BCUT2D eigenvalue weighted by Crippen LogP contribution is 2.32.